The minimum atomic E-state index is -4.40. The van der Waals surface area contributed by atoms with Gasteiger partial charge in [0.2, 0.25) is 0 Å². The van der Waals surface area contributed by atoms with Gasteiger partial charge in [0.25, 0.3) is 11.8 Å². The highest BCUT2D eigenvalue weighted by atomic mass is 19.4. The van der Waals surface area contributed by atoms with Crippen LogP contribution in [0.1, 0.15) is 50.9 Å². The van der Waals surface area contributed by atoms with Crippen LogP contribution in [-0.2, 0) is 10.9 Å². The first-order valence-electron chi connectivity index (χ1n) is 13.9. The van der Waals surface area contributed by atoms with Crippen LogP contribution in [0, 0.1) is 0 Å². The first-order chi connectivity index (χ1) is 19.8. The molecule has 214 valence electrons. The Morgan fingerprint density at radius 3 is 2.49 bits per heavy atom. The van der Waals surface area contributed by atoms with E-state index in [1.165, 1.54) is 6.07 Å². The van der Waals surface area contributed by atoms with Gasteiger partial charge in [0.05, 0.1) is 11.7 Å². The molecule has 0 saturated carbocycles. The summed E-state index contributed by atoms with van der Waals surface area (Å²) in [4.78, 5) is 32.1. The van der Waals surface area contributed by atoms with E-state index >= 15 is 0 Å². The number of benzene rings is 3. The number of fused-ring (bicyclic) bond motifs is 1. The SMILES string of the molecule is O=C(c1cccc(NC2c3ccccc3C(=O)N2CC2CCCO2)c1)N1CCN(c2cccc(C(F)(F)F)c2)CC1. The fourth-order valence-electron chi connectivity index (χ4n) is 5.85. The number of hydrogen-bond acceptors (Lipinski definition) is 5. The highest BCUT2D eigenvalue weighted by Crippen LogP contribution is 2.36. The lowest BCUT2D eigenvalue weighted by atomic mass is 10.1. The van der Waals surface area contributed by atoms with Crippen LogP contribution in [0.5, 0.6) is 0 Å². The number of hydrogen-bond donors (Lipinski definition) is 1. The molecule has 3 heterocycles. The maximum absolute atomic E-state index is 13.4. The van der Waals surface area contributed by atoms with Gasteiger partial charge in [0.15, 0.2) is 0 Å². The van der Waals surface area contributed by atoms with Crippen LogP contribution in [0.2, 0.25) is 0 Å². The van der Waals surface area contributed by atoms with Crippen LogP contribution in [0.3, 0.4) is 0 Å². The summed E-state index contributed by atoms with van der Waals surface area (Å²) < 4.78 is 45.3. The van der Waals surface area contributed by atoms with Crippen LogP contribution in [0.4, 0.5) is 24.5 Å². The average molecular weight is 565 g/mol. The van der Waals surface area contributed by atoms with E-state index in [9.17, 15) is 22.8 Å². The molecule has 2 unspecified atom stereocenters. The van der Waals surface area contributed by atoms with Gasteiger partial charge in [-0.1, -0.05) is 30.3 Å². The van der Waals surface area contributed by atoms with Crippen molar-refractivity contribution in [2.24, 2.45) is 0 Å². The van der Waals surface area contributed by atoms with E-state index in [1.54, 1.807) is 23.1 Å². The van der Waals surface area contributed by atoms with E-state index in [1.807, 2.05) is 46.2 Å². The normalized spacial score (nSPS) is 20.9. The number of carbonyl (C=O) groups excluding carboxylic acids is 2. The maximum atomic E-state index is 13.4. The number of halogens is 3. The fraction of sp³-hybridized carbons (Fsp3) is 0.355. The van der Waals surface area contributed by atoms with Crippen molar-refractivity contribution in [2.75, 3.05) is 49.5 Å². The third-order valence-electron chi connectivity index (χ3n) is 8.00. The number of ether oxygens (including phenoxy) is 1. The van der Waals surface area contributed by atoms with Crippen molar-refractivity contribution < 1.29 is 27.5 Å². The number of carbonyl (C=O) groups is 2. The molecule has 3 aromatic rings. The first kappa shape index (κ1) is 27.1. The average Bonchev–Trinajstić information content (AvgIpc) is 3.60. The Labute approximate surface area is 236 Å². The Bertz CT molecular complexity index is 1430. The molecule has 0 radical (unpaired) electrons. The molecular weight excluding hydrogens is 533 g/mol. The van der Waals surface area contributed by atoms with Crippen molar-refractivity contribution in [3.05, 3.63) is 95.1 Å². The molecule has 3 aromatic carbocycles. The molecule has 3 aliphatic heterocycles. The number of anilines is 2. The molecule has 2 saturated heterocycles. The second-order valence-corrected chi connectivity index (χ2v) is 10.6. The van der Waals surface area contributed by atoms with Crippen molar-refractivity contribution in [1.82, 2.24) is 9.80 Å². The second kappa shape index (κ2) is 11.1. The van der Waals surface area contributed by atoms with Gasteiger partial charge >= 0.3 is 6.18 Å². The number of nitrogens with one attached hydrogen (secondary N) is 1. The van der Waals surface area contributed by atoms with Crippen molar-refractivity contribution in [3.63, 3.8) is 0 Å². The van der Waals surface area contributed by atoms with Gasteiger partial charge in [0, 0.05) is 67.4 Å². The summed E-state index contributed by atoms with van der Waals surface area (Å²) in [5, 5.41) is 3.47. The highest BCUT2D eigenvalue weighted by molar-refractivity contribution is 6.00. The van der Waals surface area contributed by atoms with Gasteiger partial charge < -0.3 is 24.8 Å². The standard InChI is InChI=1S/C31H31F3N4O3/c32-31(33,34)22-7-4-9-24(19-22)36-13-15-37(16-14-36)29(39)21-6-3-8-23(18-21)35-28-26-11-1-2-12-27(26)30(40)38(28)20-25-10-5-17-41-25/h1-4,6-9,11-12,18-19,25,28,35H,5,10,13-17,20H2. The summed E-state index contributed by atoms with van der Waals surface area (Å²) in [7, 11) is 0. The van der Waals surface area contributed by atoms with Crippen molar-refractivity contribution in [3.8, 4) is 0 Å². The van der Waals surface area contributed by atoms with Crippen LogP contribution < -0.4 is 10.2 Å². The van der Waals surface area contributed by atoms with Gasteiger partial charge in [-0.15, -0.1) is 0 Å². The molecule has 0 bridgehead atoms. The van der Waals surface area contributed by atoms with Gasteiger partial charge in [-0.3, -0.25) is 9.59 Å². The third kappa shape index (κ3) is 5.61. The Morgan fingerprint density at radius 1 is 0.951 bits per heavy atom. The zero-order valence-corrected chi connectivity index (χ0v) is 22.4. The number of alkyl halides is 3. The molecule has 6 rings (SSSR count). The largest absolute Gasteiger partial charge is 0.416 e. The quantitative estimate of drug-likeness (QED) is 0.434. The van der Waals surface area contributed by atoms with Crippen LogP contribution >= 0.6 is 0 Å². The summed E-state index contributed by atoms with van der Waals surface area (Å²) in [6.07, 6.45) is -2.89. The molecule has 0 spiro atoms. The molecule has 1 N–H and O–H groups in total. The Hall–Kier alpha value is -4.05. The zero-order chi connectivity index (χ0) is 28.6. The summed E-state index contributed by atoms with van der Waals surface area (Å²) in [6, 6.07) is 20.1. The predicted octanol–water partition coefficient (Wildman–Crippen LogP) is 5.41. The molecular formula is C31H31F3N4O3. The van der Waals surface area contributed by atoms with E-state index in [2.05, 4.69) is 5.32 Å². The number of piperazine rings is 1. The molecule has 3 aliphatic rings. The van der Waals surface area contributed by atoms with E-state index < -0.39 is 11.7 Å². The van der Waals surface area contributed by atoms with Crippen molar-refractivity contribution in [1.29, 1.82) is 0 Å². The monoisotopic (exact) mass is 564 g/mol. The van der Waals surface area contributed by atoms with Gasteiger partial charge in [-0.2, -0.15) is 13.2 Å². The fourth-order valence-corrected chi connectivity index (χ4v) is 5.85. The smallest absolute Gasteiger partial charge is 0.376 e. The van der Waals surface area contributed by atoms with Crippen molar-refractivity contribution in [2.45, 2.75) is 31.3 Å². The van der Waals surface area contributed by atoms with E-state index in [4.69, 9.17) is 4.74 Å². The number of amides is 2. The van der Waals surface area contributed by atoms with E-state index in [0.29, 0.717) is 61.8 Å². The minimum absolute atomic E-state index is 0.0000727. The van der Waals surface area contributed by atoms with E-state index in [0.717, 1.165) is 30.5 Å². The molecule has 2 amide bonds. The van der Waals surface area contributed by atoms with Crippen LogP contribution in [-0.4, -0.2) is 67.0 Å². The summed E-state index contributed by atoms with van der Waals surface area (Å²) >= 11 is 0. The van der Waals surface area contributed by atoms with Crippen LogP contribution in [0.25, 0.3) is 0 Å². The highest BCUT2D eigenvalue weighted by Gasteiger charge is 2.38. The molecule has 0 aliphatic carbocycles. The molecule has 10 heteroatoms. The predicted molar refractivity (Wildman–Crippen MR) is 149 cm³/mol. The number of rotatable bonds is 6. The first-order valence-corrected chi connectivity index (χ1v) is 13.9. The maximum Gasteiger partial charge on any atom is 0.416 e. The minimum Gasteiger partial charge on any atom is -0.376 e. The molecule has 41 heavy (non-hydrogen) atoms. The second-order valence-electron chi connectivity index (χ2n) is 10.6. The third-order valence-corrected chi connectivity index (χ3v) is 8.00. The topological polar surface area (TPSA) is 65.1 Å². The lowest BCUT2D eigenvalue weighted by molar-refractivity contribution is -0.137. The summed E-state index contributed by atoms with van der Waals surface area (Å²) in [6.45, 7) is 2.85. The zero-order valence-electron chi connectivity index (χ0n) is 22.4. The Kier molecular flexibility index (Phi) is 7.33. The van der Waals surface area contributed by atoms with Crippen LogP contribution in [0.15, 0.2) is 72.8 Å². The molecule has 7 nitrogen and oxygen atoms in total. The number of nitrogens with zero attached hydrogens (tertiary/aromatic N) is 3. The molecule has 2 atom stereocenters. The molecule has 2 fully saturated rings. The van der Waals surface area contributed by atoms with Gasteiger partial charge in [-0.25, -0.2) is 0 Å². The lowest BCUT2D eigenvalue weighted by Gasteiger charge is -2.36. The molecule has 0 aromatic heterocycles. The van der Waals surface area contributed by atoms with Gasteiger partial charge in [-0.05, 0) is 55.3 Å². The summed E-state index contributed by atoms with van der Waals surface area (Å²) in [5.41, 5.74) is 2.58. The van der Waals surface area contributed by atoms with Gasteiger partial charge in [0.1, 0.15) is 6.17 Å². The Morgan fingerprint density at radius 2 is 1.73 bits per heavy atom. The Balaban J connectivity index is 1.14. The lowest BCUT2D eigenvalue weighted by Crippen LogP contribution is -2.48. The van der Waals surface area contributed by atoms with E-state index in [-0.39, 0.29) is 24.1 Å². The summed E-state index contributed by atoms with van der Waals surface area (Å²) in [5.74, 6) is -0.184. The van der Waals surface area contributed by atoms with Crippen molar-refractivity contribution >= 4 is 23.2 Å².